The summed E-state index contributed by atoms with van der Waals surface area (Å²) in [6.45, 7) is 29.6. The van der Waals surface area contributed by atoms with Crippen molar-refractivity contribution in [1.29, 1.82) is 0 Å². The molecular weight excluding hydrogens is 328 g/mol. The van der Waals surface area contributed by atoms with Gasteiger partial charge in [-0.1, -0.05) is 34.6 Å². The first-order chi connectivity index (χ1) is 12.1. The van der Waals surface area contributed by atoms with E-state index in [1.807, 2.05) is 0 Å². The molecule has 0 N–H and O–H groups in total. The zero-order valence-corrected chi connectivity index (χ0v) is 20.4. The predicted octanol–water partition coefficient (Wildman–Crippen LogP) is 6.45. The van der Waals surface area contributed by atoms with Crippen molar-refractivity contribution in [3.8, 4) is 0 Å². The van der Waals surface area contributed by atoms with Crippen LogP contribution >= 0.6 is 0 Å². The Hall–Kier alpha value is -0.0800. The van der Waals surface area contributed by atoms with Gasteiger partial charge in [0.15, 0.2) is 0 Å². The lowest BCUT2D eigenvalue weighted by molar-refractivity contribution is 0.0333. The molecule has 2 heterocycles. The largest absolute Gasteiger partial charge is 0.298 e. The van der Waals surface area contributed by atoms with E-state index < -0.39 is 0 Å². The van der Waals surface area contributed by atoms with Crippen LogP contribution in [0.2, 0.25) is 0 Å². The molecule has 0 saturated carbocycles. The van der Waals surface area contributed by atoms with Gasteiger partial charge in [0.2, 0.25) is 0 Å². The molecule has 2 saturated heterocycles. The molecule has 1 unspecified atom stereocenters. The topological polar surface area (TPSA) is 6.48 Å². The average molecular weight is 379 g/mol. The van der Waals surface area contributed by atoms with Crippen molar-refractivity contribution in [3.63, 3.8) is 0 Å². The van der Waals surface area contributed by atoms with E-state index in [0.717, 1.165) is 11.8 Å². The van der Waals surface area contributed by atoms with Gasteiger partial charge in [-0.25, -0.2) is 0 Å². The molecule has 0 aromatic heterocycles. The molecular formula is C25H50N2. The molecule has 2 aliphatic rings. The summed E-state index contributed by atoms with van der Waals surface area (Å²) in [6.07, 6.45) is 6.82. The molecule has 27 heavy (non-hydrogen) atoms. The van der Waals surface area contributed by atoms with Crippen LogP contribution in [0.1, 0.15) is 101 Å². The van der Waals surface area contributed by atoms with Crippen LogP contribution in [0.3, 0.4) is 0 Å². The van der Waals surface area contributed by atoms with E-state index in [-0.39, 0.29) is 0 Å². The predicted molar refractivity (Wildman–Crippen MR) is 120 cm³/mol. The lowest BCUT2D eigenvalue weighted by Crippen LogP contribution is -2.48. The third kappa shape index (κ3) is 5.95. The number of likely N-dealkylation sites (tertiary alicyclic amines) is 2. The summed E-state index contributed by atoms with van der Waals surface area (Å²) in [4.78, 5) is 5.47. The Morgan fingerprint density at radius 2 is 1.11 bits per heavy atom. The van der Waals surface area contributed by atoms with E-state index in [2.05, 4.69) is 79.0 Å². The van der Waals surface area contributed by atoms with Gasteiger partial charge in [-0.3, -0.25) is 9.80 Å². The van der Waals surface area contributed by atoms with E-state index in [9.17, 15) is 0 Å². The fourth-order valence-corrected chi connectivity index (χ4v) is 5.34. The van der Waals surface area contributed by atoms with Gasteiger partial charge in [-0.15, -0.1) is 0 Å². The quantitative estimate of drug-likeness (QED) is 0.542. The highest BCUT2D eigenvalue weighted by atomic mass is 15.2. The highest BCUT2D eigenvalue weighted by molar-refractivity contribution is 4.94. The van der Waals surface area contributed by atoms with Crippen LogP contribution in [0, 0.1) is 22.7 Å². The number of hydrogen-bond donors (Lipinski definition) is 0. The van der Waals surface area contributed by atoms with Crippen molar-refractivity contribution in [2.75, 3.05) is 26.2 Å². The van der Waals surface area contributed by atoms with E-state index in [1.54, 1.807) is 0 Å². The molecule has 0 radical (unpaired) electrons. The minimum Gasteiger partial charge on any atom is -0.298 e. The van der Waals surface area contributed by atoms with Crippen LogP contribution in [0.5, 0.6) is 0 Å². The SMILES string of the molecule is CC(C)(C)C1CCN(C(C)(C)CCC(C)(C)C2CCN(C(C)(C)C)CC2)C1. The summed E-state index contributed by atoms with van der Waals surface area (Å²) in [6, 6.07) is 0. The maximum Gasteiger partial charge on any atom is 0.0153 e. The summed E-state index contributed by atoms with van der Waals surface area (Å²) in [5.74, 6) is 1.74. The van der Waals surface area contributed by atoms with Crippen LogP contribution in [0.4, 0.5) is 0 Å². The summed E-state index contributed by atoms with van der Waals surface area (Å²) >= 11 is 0. The van der Waals surface area contributed by atoms with Crippen LogP contribution in [0.25, 0.3) is 0 Å². The lowest BCUT2D eigenvalue weighted by atomic mass is 9.69. The first-order valence-electron chi connectivity index (χ1n) is 11.6. The molecule has 2 nitrogen and oxygen atoms in total. The van der Waals surface area contributed by atoms with Gasteiger partial charge in [0.25, 0.3) is 0 Å². The molecule has 0 aliphatic carbocycles. The van der Waals surface area contributed by atoms with Gasteiger partial charge in [-0.2, -0.15) is 0 Å². The van der Waals surface area contributed by atoms with Crippen LogP contribution in [-0.2, 0) is 0 Å². The molecule has 2 fully saturated rings. The smallest absolute Gasteiger partial charge is 0.0153 e. The van der Waals surface area contributed by atoms with Gasteiger partial charge in [0.05, 0.1) is 0 Å². The Morgan fingerprint density at radius 1 is 0.630 bits per heavy atom. The third-order valence-corrected chi connectivity index (χ3v) is 8.20. The summed E-state index contributed by atoms with van der Waals surface area (Å²) < 4.78 is 0. The third-order valence-electron chi connectivity index (χ3n) is 8.20. The number of rotatable bonds is 5. The van der Waals surface area contributed by atoms with Gasteiger partial charge in [-0.05, 0) is 109 Å². The normalized spacial score (nSPS) is 25.3. The molecule has 0 aromatic rings. The number of hydrogen-bond acceptors (Lipinski definition) is 2. The van der Waals surface area contributed by atoms with Crippen molar-refractivity contribution < 1.29 is 0 Å². The van der Waals surface area contributed by atoms with Crippen molar-refractivity contribution in [1.82, 2.24) is 9.80 Å². The highest BCUT2D eigenvalue weighted by Gasteiger charge is 2.40. The summed E-state index contributed by atoms with van der Waals surface area (Å²) in [5.41, 5.74) is 1.58. The van der Waals surface area contributed by atoms with Gasteiger partial charge < -0.3 is 0 Å². The fraction of sp³-hybridized carbons (Fsp3) is 1.00. The summed E-state index contributed by atoms with van der Waals surface area (Å²) in [7, 11) is 0. The van der Waals surface area contributed by atoms with E-state index in [0.29, 0.717) is 21.9 Å². The van der Waals surface area contributed by atoms with Crippen molar-refractivity contribution in [2.24, 2.45) is 22.7 Å². The number of piperidine rings is 1. The molecule has 2 rings (SSSR count). The lowest BCUT2D eigenvalue weighted by Gasteiger charge is -2.46. The van der Waals surface area contributed by atoms with Gasteiger partial charge in [0.1, 0.15) is 0 Å². The van der Waals surface area contributed by atoms with E-state index in [4.69, 9.17) is 0 Å². The second-order valence-electron chi connectivity index (χ2n) is 13.0. The Kier molecular flexibility index (Phi) is 6.85. The monoisotopic (exact) mass is 378 g/mol. The standard InChI is InChI=1S/C25H50N2/c1-22(2,3)21-13-18-27(19-21)25(9,10)15-14-24(7,8)20-11-16-26(17-12-20)23(4,5)6/h20-21H,11-19H2,1-10H3. The zero-order chi connectivity index (χ0) is 20.7. The van der Waals surface area contributed by atoms with E-state index >= 15 is 0 Å². The maximum absolute atomic E-state index is 2.79. The molecule has 2 aliphatic heterocycles. The first-order valence-corrected chi connectivity index (χ1v) is 11.6. The van der Waals surface area contributed by atoms with Crippen molar-refractivity contribution in [3.05, 3.63) is 0 Å². The maximum atomic E-state index is 2.79. The second kappa shape index (κ2) is 7.98. The van der Waals surface area contributed by atoms with E-state index in [1.165, 1.54) is 58.3 Å². The Bertz CT molecular complexity index is 470. The number of nitrogens with zero attached hydrogens (tertiary/aromatic N) is 2. The first kappa shape index (κ1) is 23.2. The van der Waals surface area contributed by atoms with Gasteiger partial charge >= 0.3 is 0 Å². The Balaban J connectivity index is 1.87. The molecule has 1 atom stereocenters. The van der Waals surface area contributed by atoms with Crippen molar-refractivity contribution in [2.45, 2.75) is 112 Å². The Labute approximate surface area is 171 Å². The van der Waals surface area contributed by atoms with Crippen LogP contribution in [-0.4, -0.2) is 47.1 Å². The molecule has 2 heteroatoms. The molecule has 0 amide bonds. The van der Waals surface area contributed by atoms with Gasteiger partial charge in [0, 0.05) is 17.6 Å². The Morgan fingerprint density at radius 3 is 1.56 bits per heavy atom. The molecule has 0 spiro atoms. The molecule has 0 bridgehead atoms. The minimum atomic E-state index is 0.330. The fourth-order valence-electron chi connectivity index (χ4n) is 5.34. The summed E-state index contributed by atoms with van der Waals surface area (Å²) in [5, 5.41) is 0. The molecule has 160 valence electrons. The highest BCUT2D eigenvalue weighted by Crippen LogP contribution is 2.43. The second-order valence-corrected chi connectivity index (χ2v) is 13.0. The van der Waals surface area contributed by atoms with Crippen LogP contribution in [0.15, 0.2) is 0 Å². The van der Waals surface area contributed by atoms with Crippen molar-refractivity contribution >= 4 is 0 Å². The zero-order valence-electron chi connectivity index (χ0n) is 20.4. The van der Waals surface area contributed by atoms with Crippen LogP contribution < -0.4 is 0 Å². The minimum absolute atomic E-state index is 0.330. The average Bonchev–Trinajstić information content (AvgIpc) is 3.04. The molecule has 0 aromatic carbocycles.